The van der Waals surface area contributed by atoms with E-state index in [1.165, 1.54) is 12.8 Å². The topological polar surface area (TPSA) is 71.4 Å². The molecule has 2 fully saturated rings. The van der Waals surface area contributed by atoms with Crippen molar-refractivity contribution in [2.45, 2.75) is 64.9 Å². The van der Waals surface area contributed by atoms with Crippen molar-refractivity contribution in [1.82, 2.24) is 20.0 Å². The number of likely N-dealkylation sites (tertiary alicyclic amines) is 1. The van der Waals surface area contributed by atoms with Crippen LogP contribution in [0.3, 0.4) is 0 Å². The monoisotopic (exact) mass is 395 g/mol. The lowest BCUT2D eigenvalue weighted by molar-refractivity contribution is -0.132. The first kappa shape index (κ1) is 22.9. The molecule has 0 radical (unpaired) electrons. The minimum Gasteiger partial charge on any atom is -0.388 e. The number of piperazine rings is 1. The van der Waals surface area contributed by atoms with E-state index in [9.17, 15) is 9.90 Å². The number of hydrogen-bond acceptors (Lipinski definition) is 4. The van der Waals surface area contributed by atoms with Crippen molar-refractivity contribution in [3.63, 3.8) is 0 Å². The van der Waals surface area contributed by atoms with Gasteiger partial charge in [0.05, 0.1) is 18.7 Å². The third-order valence-electron chi connectivity index (χ3n) is 6.16. The number of nitrogens with one attached hydrogen (secondary N) is 1. The van der Waals surface area contributed by atoms with E-state index in [1.807, 2.05) is 13.8 Å². The Morgan fingerprint density at radius 2 is 1.54 bits per heavy atom. The molecule has 0 spiro atoms. The lowest BCUT2D eigenvalue weighted by Gasteiger charge is -2.37. The first-order chi connectivity index (χ1) is 13.5. The van der Waals surface area contributed by atoms with E-state index in [2.05, 4.69) is 26.9 Å². The van der Waals surface area contributed by atoms with E-state index < -0.39 is 5.60 Å². The van der Waals surface area contributed by atoms with Gasteiger partial charge in [0.2, 0.25) is 5.91 Å². The predicted molar refractivity (Wildman–Crippen MR) is 115 cm³/mol. The summed E-state index contributed by atoms with van der Waals surface area (Å²) in [6.45, 7) is 13.2. The highest BCUT2D eigenvalue weighted by Crippen LogP contribution is 2.15. The SMILES string of the molecule is CCNC(=NCC(O)(CC)CC)N1CCN(CC(=O)N2CCCCCC2)CC1. The number of rotatable bonds is 7. The molecule has 0 aromatic rings. The van der Waals surface area contributed by atoms with Crippen LogP contribution < -0.4 is 5.32 Å². The molecule has 162 valence electrons. The van der Waals surface area contributed by atoms with Gasteiger partial charge in [0.15, 0.2) is 5.96 Å². The van der Waals surface area contributed by atoms with Crippen molar-refractivity contribution < 1.29 is 9.90 Å². The summed E-state index contributed by atoms with van der Waals surface area (Å²) < 4.78 is 0. The van der Waals surface area contributed by atoms with E-state index in [4.69, 9.17) is 4.99 Å². The Hall–Kier alpha value is -1.34. The van der Waals surface area contributed by atoms with Gasteiger partial charge >= 0.3 is 0 Å². The summed E-state index contributed by atoms with van der Waals surface area (Å²) in [5.74, 6) is 1.16. The summed E-state index contributed by atoms with van der Waals surface area (Å²) in [5, 5.41) is 13.9. The van der Waals surface area contributed by atoms with Gasteiger partial charge in [-0.05, 0) is 32.6 Å². The van der Waals surface area contributed by atoms with Gasteiger partial charge in [-0.15, -0.1) is 0 Å². The molecule has 0 bridgehead atoms. The van der Waals surface area contributed by atoms with Gasteiger partial charge in [0, 0.05) is 45.8 Å². The summed E-state index contributed by atoms with van der Waals surface area (Å²) in [6.07, 6.45) is 6.20. The van der Waals surface area contributed by atoms with Crippen LogP contribution >= 0.6 is 0 Å². The number of guanidine groups is 1. The minimum atomic E-state index is -0.720. The van der Waals surface area contributed by atoms with Crippen molar-refractivity contribution in [2.24, 2.45) is 4.99 Å². The van der Waals surface area contributed by atoms with Crippen LogP contribution in [0.15, 0.2) is 4.99 Å². The Morgan fingerprint density at radius 1 is 0.929 bits per heavy atom. The predicted octanol–water partition coefficient (Wildman–Crippen LogP) is 1.52. The molecule has 1 amide bonds. The van der Waals surface area contributed by atoms with E-state index in [-0.39, 0.29) is 5.91 Å². The van der Waals surface area contributed by atoms with Crippen molar-refractivity contribution in [2.75, 3.05) is 58.9 Å². The summed E-state index contributed by atoms with van der Waals surface area (Å²) in [4.78, 5) is 23.9. The second-order valence-electron chi connectivity index (χ2n) is 8.16. The molecule has 0 atom stereocenters. The summed E-state index contributed by atoms with van der Waals surface area (Å²) >= 11 is 0. The number of carbonyl (C=O) groups is 1. The highest BCUT2D eigenvalue weighted by atomic mass is 16.3. The lowest BCUT2D eigenvalue weighted by Crippen LogP contribution is -2.54. The van der Waals surface area contributed by atoms with Gasteiger partial charge in [-0.3, -0.25) is 14.7 Å². The standard InChI is InChI=1S/C21H41N5O2/c1-4-21(28,5-2)18-23-20(22-6-3)26-15-13-24(14-16-26)17-19(27)25-11-9-7-8-10-12-25/h28H,4-18H2,1-3H3,(H,22,23). The van der Waals surface area contributed by atoms with Crippen LogP contribution in [0.5, 0.6) is 0 Å². The Bertz CT molecular complexity index is 491. The molecule has 0 aliphatic carbocycles. The van der Waals surface area contributed by atoms with Crippen molar-refractivity contribution in [3.8, 4) is 0 Å². The molecule has 2 heterocycles. The maximum absolute atomic E-state index is 12.6. The number of hydrogen-bond donors (Lipinski definition) is 2. The van der Waals surface area contributed by atoms with Gasteiger partial charge in [0.25, 0.3) is 0 Å². The maximum Gasteiger partial charge on any atom is 0.236 e. The molecule has 2 aliphatic rings. The first-order valence-electron chi connectivity index (χ1n) is 11.3. The fourth-order valence-corrected chi connectivity index (χ4v) is 3.85. The molecular formula is C21H41N5O2. The zero-order chi connectivity index (χ0) is 20.4. The highest BCUT2D eigenvalue weighted by Gasteiger charge is 2.25. The van der Waals surface area contributed by atoms with Crippen LogP contribution in [0.1, 0.15) is 59.3 Å². The molecule has 2 N–H and O–H groups in total. The fraction of sp³-hybridized carbons (Fsp3) is 0.905. The van der Waals surface area contributed by atoms with E-state index in [0.717, 1.165) is 64.6 Å². The van der Waals surface area contributed by atoms with Gasteiger partial charge in [-0.25, -0.2) is 0 Å². The van der Waals surface area contributed by atoms with E-state index >= 15 is 0 Å². The average Bonchev–Trinajstić information content (AvgIpc) is 3.01. The largest absolute Gasteiger partial charge is 0.388 e. The Kier molecular flexibility index (Phi) is 9.51. The third kappa shape index (κ3) is 6.92. The summed E-state index contributed by atoms with van der Waals surface area (Å²) in [5.41, 5.74) is -0.720. The summed E-state index contributed by atoms with van der Waals surface area (Å²) in [7, 11) is 0. The number of carbonyl (C=O) groups excluding carboxylic acids is 1. The smallest absolute Gasteiger partial charge is 0.236 e. The van der Waals surface area contributed by atoms with Crippen molar-refractivity contribution in [1.29, 1.82) is 0 Å². The second-order valence-corrected chi connectivity index (χ2v) is 8.16. The molecule has 28 heavy (non-hydrogen) atoms. The maximum atomic E-state index is 12.6. The molecular weight excluding hydrogens is 354 g/mol. The average molecular weight is 396 g/mol. The quantitative estimate of drug-likeness (QED) is 0.505. The molecule has 7 nitrogen and oxygen atoms in total. The molecule has 7 heteroatoms. The van der Waals surface area contributed by atoms with Crippen molar-refractivity contribution >= 4 is 11.9 Å². The van der Waals surface area contributed by atoms with Gasteiger partial charge in [-0.2, -0.15) is 0 Å². The Labute approximate surface area is 171 Å². The third-order valence-corrected chi connectivity index (χ3v) is 6.16. The normalized spacial score (nSPS) is 20.2. The minimum absolute atomic E-state index is 0.284. The molecule has 2 saturated heterocycles. The lowest BCUT2D eigenvalue weighted by atomic mass is 9.98. The molecule has 0 aromatic carbocycles. The van der Waals surface area contributed by atoms with Crippen LogP contribution in [0.4, 0.5) is 0 Å². The van der Waals surface area contributed by atoms with Crippen LogP contribution in [0.25, 0.3) is 0 Å². The van der Waals surface area contributed by atoms with Gasteiger partial charge in [-0.1, -0.05) is 26.7 Å². The number of nitrogens with zero attached hydrogens (tertiary/aromatic N) is 4. The van der Waals surface area contributed by atoms with E-state index in [1.54, 1.807) is 0 Å². The molecule has 2 aliphatic heterocycles. The number of aliphatic imine (C=N–C) groups is 1. The first-order valence-corrected chi connectivity index (χ1v) is 11.3. The fourth-order valence-electron chi connectivity index (χ4n) is 3.85. The van der Waals surface area contributed by atoms with Crippen molar-refractivity contribution in [3.05, 3.63) is 0 Å². The second kappa shape index (κ2) is 11.6. The van der Waals surface area contributed by atoms with Gasteiger partial charge < -0.3 is 20.2 Å². The Balaban J connectivity index is 1.85. The zero-order valence-electron chi connectivity index (χ0n) is 18.3. The van der Waals surface area contributed by atoms with Crippen LogP contribution in [-0.2, 0) is 4.79 Å². The molecule has 0 unspecified atom stereocenters. The zero-order valence-corrected chi connectivity index (χ0v) is 18.3. The number of aliphatic hydroxyl groups is 1. The van der Waals surface area contributed by atoms with Crippen LogP contribution in [0, 0.1) is 0 Å². The highest BCUT2D eigenvalue weighted by molar-refractivity contribution is 5.80. The Morgan fingerprint density at radius 3 is 2.07 bits per heavy atom. The molecule has 2 rings (SSSR count). The summed E-state index contributed by atoms with van der Waals surface area (Å²) in [6, 6.07) is 0. The molecule has 0 saturated carbocycles. The van der Waals surface area contributed by atoms with Gasteiger partial charge in [0.1, 0.15) is 0 Å². The van der Waals surface area contributed by atoms with E-state index in [0.29, 0.717) is 25.9 Å². The van der Waals surface area contributed by atoms with Crippen LogP contribution in [0.2, 0.25) is 0 Å². The van der Waals surface area contributed by atoms with Crippen LogP contribution in [-0.4, -0.2) is 96.2 Å². The number of amides is 1. The molecule has 0 aromatic heterocycles.